The van der Waals surface area contributed by atoms with Crippen LogP contribution in [0.1, 0.15) is 25.0 Å². The molecule has 3 nitrogen and oxygen atoms in total. The van der Waals surface area contributed by atoms with Crippen molar-refractivity contribution in [3.63, 3.8) is 0 Å². The lowest BCUT2D eigenvalue weighted by Crippen LogP contribution is -2.16. The normalized spacial score (nSPS) is 13.1. The summed E-state index contributed by atoms with van der Waals surface area (Å²) in [5, 5.41) is 2.18. The number of hydrogen-bond acceptors (Lipinski definition) is 3. The molecule has 1 aromatic heterocycles. The Balaban J connectivity index is 1.28. The van der Waals surface area contributed by atoms with E-state index in [-0.39, 0.29) is 5.41 Å². The second-order valence-corrected chi connectivity index (χ2v) is 12.8. The van der Waals surface area contributed by atoms with Gasteiger partial charge in [0.05, 0.1) is 5.69 Å². The molecule has 0 fully saturated rings. The van der Waals surface area contributed by atoms with E-state index in [2.05, 4.69) is 140 Å². The molecule has 1 aliphatic rings. The van der Waals surface area contributed by atoms with Crippen LogP contribution in [0, 0.1) is 0 Å². The zero-order valence-corrected chi connectivity index (χ0v) is 26.3. The van der Waals surface area contributed by atoms with Crippen molar-refractivity contribution >= 4 is 38.9 Å². The van der Waals surface area contributed by atoms with Gasteiger partial charge < -0.3 is 9.32 Å². The number of rotatable bonds is 5. The van der Waals surface area contributed by atoms with Crippen molar-refractivity contribution in [3.8, 4) is 33.7 Å². The highest BCUT2D eigenvalue weighted by Gasteiger charge is 2.35. The first-order valence-corrected chi connectivity index (χ1v) is 16.1. The summed E-state index contributed by atoms with van der Waals surface area (Å²) >= 11 is 0. The maximum atomic E-state index is 6.29. The molecule has 0 aliphatic heterocycles. The van der Waals surface area contributed by atoms with Crippen molar-refractivity contribution in [2.75, 3.05) is 4.90 Å². The average Bonchev–Trinajstić information content (AvgIpc) is 3.67. The van der Waals surface area contributed by atoms with Gasteiger partial charge in [0.1, 0.15) is 5.52 Å². The van der Waals surface area contributed by atoms with Crippen LogP contribution in [0.4, 0.5) is 17.1 Å². The zero-order valence-electron chi connectivity index (χ0n) is 26.3. The third-order valence-corrected chi connectivity index (χ3v) is 9.69. The summed E-state index contributed by atoms with van der Waals surface area (Å²) < 4.78 is 6.29. The van der Waals surface area contributed by atoms with Gasteiger partial charge in [-0.25, -0.2) is 4.98 Å². The maximum absolute atomic E-state index is 6.29. The summed E-state index contributed by atoms with van der Waals surface area (Å²) in [4.78, 5) is 7.43. The van der Waals surface area contributed by atoms with E-state index in [1.165, 1.54) is 33.4 Å². The number of benzene rings is 7. The van der Waals surface area contributed by atoms with Crippen molar-refractivity contribution < 1.29 is 4.42 Å². The Morgan fingerprint density at radius 3 is 1.96 bits per heavy atom. The molecule has 0 N–H and O–H groups in total. The van der Waals surface area contributed by atoms with Crippen molar-refractivity contribution in [1.29, 1.82) is 0 Å². The Morgan fingerprint density at radius 1 is 0.532 bits per heavy atom. The number of anilines is 3. The number of para-hydroxylation sites is 1. The summed E-state index contributed by atoms with van der Waals surface area (Å²) in [5.74, 6) is 0.630. The second kappa shape index (κ2) is 10.6. The molecule has 1 aliphatic carbocycles. The number of aromatic nitrogens is 1. The molecule has 0 saturated heterocycles. The quantitative estimate of drug-likeness (QED) is 0.196. The predicted octanol–water partition coefficient (Wildman–Crippen LogP) is 12.1. The summed E-state index contributed by atoms with van der Waals surface area (Å²) in [6.45, 7) is 4.68. The Bertz CT molecular complexity index is 2440. The minimum Gasteiger partial charge on any atom is -0.436 e. The van der Waals surface area contributed by atoms with Gasteiger partial charge in [0.15, 0.2) is 5.58 Å². The van der Waals surface area contributed by atoms with Crippen LogP contribution in [0.3, 0.4) is 0 Å². The van der Waals surface area contributed by atoms with Crippen molar-refractivity contribution in [2.45, 2.75) is 19.3 Å². The van der Waals surface area contributed by atoms with Crippen molar-refractivity contribution in [1.82, 2.24) is 4.98 Å². The molecule has 0 bridgehead atoms. The van der Waals surface area contributed by atoms with Crippen LogP contribution in [0.15, 0.2) is 162 Å². The molecule has 224 valence electrons. The molecule has 1 heterocycles. The predicted molar refractivity (Wildman–Crippen MR) is 195 cm³/mol. The minimum absolute atomic E-state index is 0.114. The molecule has 7 aromatic carbocycles. The van der Waals surface area contributed by atoms with Gasteiger partial charge in [-0.3, -0.25) is 0 Å². The van der Waals surface area contributed by atoms with Gasteiger partial charge in [-0.15, -0.1) is 0 Å². The number of nitrogens with zero attached hydrogens (tertiary/aromatic N) is 2. The van der Waals surface area contributed by atoms with Gasteiger partial charge in [0.2, 0.25) is 5.89 Å². The molecular formula is C44H32N2O. The fraction of sp³-hybridized carbons (Fsp3) is 0.0682. The van der Waals surface area contributed by atoms with Crippen LogP contribution in [-0.4, -0.2) is 4.98 Å². The highest BCUT2D eigenvalue weighted by atomic mass is 16.3. The lowest BCUT2D eigenvalue weighted by molar-refractivity contribution is 0.620. The number of oxazole rings is 1. The van der Waals surface area contributed by atoms with Crippen LogP contribution in [0.5, 0.6) is 0 Å². The summed E-state index contributed by atoms with van der Waals surface area (Å²) in [7, 11) is 0. The van der Waals surface area contributed by atoms with E-state index in [9.17, 15) is 0 Å². The molecule has 0 unspecified atom stereocenters. The lowest BCUT2D eigenvalue weighted by Gasteiger charge is -2.30. The molecule has 0 atom stereocenters. The van der Waals surface area contributed by atoms with Crippen LogP contribution in [-0.2, 0) is 5.41 Å². The first kappa shape index (κ1) is 27.4. The monoisotopic (exact) mass is 604 g/mol. The smallest absolute Gasteiger partial charge is 0.227 e. The van der Waals surface area contributed by atoms with E-state index < -0.39 is 0 Å². The van der Waals surface area contributed by atoms with E-state index in [4.69, 9.17) is 9.40 Å². The molecule has 9 rings (SSSR count). The van der Waals surface area contributed by atoms with E-state index in [1.54, 1.807) is 0 Å². The summed E-state index contributed by atoms with van der Waals surface area (Å²) in [6.07, 6.45) is 0. The highest BCUT2D eigenvalue weighted by molar-refractivity contribution is 6.06. The molecule has 0 radical (unpaired) electrons. The number of hydrogen-bond donors (Lipinski definition) is 0. The molecule has 0 spiro atoms. The van der Waals surface area contributed by atoms with Gasteiger partial charge in [-0.2, -0.15) is 0 Å². The largest absolute Gasteiger partial charge is 0.436 e. The van der Waals surface area contributed by atoms with Crippen LogP contribution in [0.25, 0.3) is 55.6 Å². The van der Waals surface area contributed by atoms with Crippen molar-refractivity contribution in [2.24, 2.45) is 0 Å². The number of fused-ring (bicyclic) bond motifs is 6. The van der Waals surface area contributed by atoms with Gasteiger partial charge in [-0.05, 0) is 81.7 Å². The fourth-order valence-corrected chi connectivity index (χ4v) is 7.33. The van der Waals surface area contributed by atoms with Gasteiger partial charge in [-0.1, -0.05) is 123 Å². The second-order valence-electron chi connectivity index (χ2n) is 12.8. The summed E-state index contributed by atoms with van der Waals surface area (Å²) in [5.41, 5.74) is 13.5. The van der Waals surface area contributed by atoms with Crippen LogP contribution >= 0.6 is 0 Å². The van der Waals surface area contributed by atoms with Gasteiger partial charge >= 0.3 is 0 Å². The molecule has 0 amide bonds. The molecule has 47 heavy (non-hydrogen) atoms. The highest BCUT2D eigenvalue weighted by Crippen LogP contribution is 2.51. The molecule has 8 aromatic rings. The Kier molecular flexibility index (Phi) is 6.16. The third-order valence-electron chi connectivity index (χ3n) is 9.69. The first-order chi connectivity index (χ1) is 23.1. The Hall–Kier alpha value is -5.93. The lowest BCUT2D eigenvalue weighted by atomic mass is 9.82. The molecule has 3 heteroatoms. The van der Waals surface area contributed by atoms with E-state index in [0.717, 1.165) is 44.5 Å². The van der Waals surface area contributed by atoms with E-state index >= 15 is 0 Å². The average molecular weight is 605 g/mol. The van der Waals surface area contributed by atoms with Crippen LogP contribution < -0.4 is 4.90 Å². The first-order valence-electron chi connectivity index (χ1n) is 16.1. The SMILES string of the molecule is CC1(C)c2ccccc2-c2ccc(N(c3ccc4ccc5oc(-c6ccccc6)nc5c4c3)c3ccccc3-c3ccccc3)cc21. The maximum Gasteiger partial charge on any atom is 0.227 e. The third kappa shape index (κ3) is 4.39. The van der Waals surface area contributed by atoms with E-state index in [1.807, 2.05) is 36.4 Å². The fourth-order valence-electron chi connectivity index (χ4n) is 7.33. The minimum atomic E-state index is -0.114. The van der Waals surface area contributed by atoms with Gasteiger partial charge in [0.25, 0.3) is 0 Å². The molecular weight excluding hydrogens is 572 g/mol. The zero-order chi connectivity index (χ0) is 31.5. The topological polar surface area (TPSA) is 29.3 Å². The molecule has 0 saturated carbocycles. The van der Waals surface area contributed by atoms with Gasteiger partial charge in [0, 0.05) is 33.3 Å². The Labute approximate surface area is 274 Å². The Morgan fingerprint density at radius 2 is 1.15 bits per heavy atom. The van der Waals surface area contributed by atoms with Crippen molar-refractivity contribution in [3.05, 3.63) is 169 Å². The summed E-state index contributed by atoms with van der Waals surface area (Å²) in [6, 6.07) is 56.1. The standard InChI is InChI=1S/C44H32N2O/c1-44(2)38-19-11-9-18-35(38)36-25-24-33(28-39(36)44)46(40-20-12-10-17-34(40)29-13-5-3-6-14-29)32-23-21-30-22-26-41-42(37(30)27-32)45-43(47-41)31-15-7-4-8-16-31/h3-28H,1-2H3. The van der Waals surface area contributed by atoms with Crippen LogP contribution in [0.2, 0.25) is 0 Å². The van der Waals surface area contributed by atoms with E-state index in [0.29, 0.717) is 5.89 Å².